The third-order valence-corrected chi connectivity index (χ3v) is 5.88. The Labute approximate surface area is 188 Å². The average molecular weight is 432 g/mol. The van der Waals surface area contributed by atoms with E-state index < -0.39 is 0 Å². The number of pyridine rings is 1. The summed E-state index contributed by atoms with van der Waals surface area (Å²) in [5, 5.41) is 4.27. The molecule has 1 aromatic carbocycles. The van der Waals surface area contributed by atoms with E-state index in [1.165, 1.54) is 0 Å². The van der Waals surface area contributed by atoms with Crippen molar-refractivity contribution in [2.24, 2.45) is 13.0 Å². The van der Waals surface area contributed by atoms with Crippen molar-refractivity contribution in [1.82, 2.24) is 24.6 Å². The molecule has 7 heteroatoms. The monoisotopic (exact) mass is 431 g/mol. The van der Waals surface area contributed by atoms with Gasteiger partial charge in [-0.15, -0.1) is 0 Å². The maximum atomic E-state index is 13.4. The maximum absolute atomic E-state index is 13.4. The van der Waals surface area contributed by atoms with E-state index in [1.54, 1.807) is 41.3 Å². The van der Waals surface area contributed by atoms with Gasteiger partial charge in [-0.3, -0.25) is 19.3 Å². The van der Waals surface area contributed by atoms with Crippen LogP contribution in [0.4, 0.5) is 0 Å². The van der Waals surface area contributed by atoms with Crippen LogP contribution >= 0.6 is 0 Å². The molecular formula is C25H29N5O2. The van der Waals surface area contributed by atoms with Crippen LogP contribution in [0.5, 0.6) is 0 Å². The van der Waals surface area contributed by atoms with Crippen molar-refractivity contribution in [3.8, 4) is 11.1 Å². The predicted octanol–water partition coefficient (Wildman–Crippen LogP) is 3.04. The zero-order valence-corrected chi connectivity index (χ0v) is 18.6. The van der Waals surface area contributed by atoms with Gasteiger partial charge in [0.15, 0.2) is 0 Å². The number of aromatic nitrogens is 3. The van der Waals surface area contributed by atoms with Crippen LogP contribution in [-0.4, -0.2) is 62.6 Å². The Morgan fingerprint density at radius 2 is 1.91 bits per heavy atom. The SMILES string of the molecule is CCCN1CCN(C(=O)c2ccn(C)n2)C[C@H](Cc2cccc(-c3ccncc3)c2)C1=O. The minimum Gasteiger partial charge on any atom is -0.341 e. The number of carbonyl (C=O) groups is 2. The van der Waals surface area contributed by atoms with Crippen LogP contribution in [0.1, 0.15) is 29.4 Å². The Hall–Kier alpha value is -3.48. The molecule has 4 rings (SSSR count). The zero-order chi connectivity index (χ0) is 22.5. The minimum atomic E-state index is -0.288. The van der Waals surface area contributed by atoms with E-state index in [2.05, 4.69) is 35.2 Å². The first-order valence-electron chi connectivity index (χ1n) is 11.1. The fourth-order valence-corrected chi connectivity index (χ4v) is 4.27. The highest BCUT2D eigenvalue weighted by molar-refractivity contribution is 5.93. The second-order valence-corrected chi connectivity index (χ2v) is 8.29. The molecule has 7 nitrogen and oxygen atoms in total. The molecule has 166 valence electrons. The number of hydrogen-bond donors (Lipinski definition) is 0. The molecule has 2 aromatic heterocycles. The van der Waals surface area contributed by atoms with E-state index in [0.29, 0.717) is 38.3 Å². The molecule has 3 aromatic rings. The van der Waals surface area contributed by atoms with Crippen molar-refractivity contribution in [3.63, 3.8) is 0 Å². The molecule has 3 heterocycles. The first-order valence-corrected chi connectivity index (χ1v) is 11.1. The smallest absolute Gasteiger partial charge is 0.274 e. The zero-order valence-electron chi connectivity index (χ0n) is 18.6. The van der Waals surface area contributed by atoms with E-state index >= 15 is 0 Å². The van der Waals surface area contributed by atoms with Crippen LogP contribution in [0.15, 0.2) is 61.1 Å². The second kappa shape index (κ2) is 9.77. The number of benzene rings is 1. The Bertz CT molecular complexity index is 1080. The van der Waals surface area contributed by atoms with Crippen LogP contribution in [0.25, 0.3) is 11.1 Å². The summed E-state index contributed by atoms with van der Waals surface area (Å²) in [6.45, 7) is 4.25. The first-order chi connectivity index (χ1) is 15.5. The van der Waals surface area contributed by atoms with Crippen molar-refractivity contribution in [2.75, 3.05) is 26.2 Å². The van der Waals surface area contributed by atoms with Crippen molar-refractivity contribution in [3.05, 3.63) is 72.3 Å². The maximum Gasteiger partial charge on any atom is 0.274 e. The van der Waals surface area contributed by atoms with Crippen molar-refractivity contribution < 1.29 is 9.59 Å². The largest absolute Gasteiger partial charge is 0.341 e. The van der Waals surface area contributed by atoms with Gasteiger partial charge < -0.3 is 9.80 Å². The predicted molar refractivity (Wildman–Crippen MR) is 123 cm³/mol. The highest BCUT2D eigenvalue weighted by atomic mass is 16.2. The van der Waals surface area contributed by atoms with E-state index in [1.807, 2.05) is 23.1 Å². The van der Waals surface area contributed by atoms with Crippen LogP contribution in [-0.2, 0) is 18.3 Å². The Morgan fingerprint density at radius 1 is 1.09 bits per heavy atom. The normalized spacial score (nSPS) is 16.8. The lowest BCUT2D eigenvalue weighted by atomic mass is 9.95. The third kappa shape index (κ3) is 4.88. The average Bonchev–Trinajstić information content (AvgIpc) is 3.20. The molecule has 0 radical (unpaired) electrons. The first kappa shape index (κ1) is 21.7. The number of amides is 2. The van der Waals surface area contributed by atoms with Gasteiger partial charge in [0.25, 0.3) is 5.91 Å². The van der Waals surface area contributed by atoms with Gasteiger partial charge in [0.1, 0.15) is 5.69 Å². The fourth-order valence-electron chi connectivity index (χ4n) is 4.27. The van der Waals surface area contributed by atoms with Crippen LogP contribution < -0.4 is 0 Å². The van der Waals surface area contributed by atoms with Gasteiger partial charge in [-0.2, -0.15) is 5.10 Å². The second-order valence-electron chi connectivity index (χ2n) is 8.29. The van der Waals surface area contributed by atoms with Gasteiger partial charge in [0.2, 0.25) is 5.91 Å². The van der Waals surface area contributed by atoms with Gasteiger partial charge >= 0.3 is 0 Å². The molecule has 0 saturated carbocycles. The molecule has 0 bridgehead atoms. The summed E-state index contributed by atoms with van der Waals surface area (Å²) < 4.78 is 1.63. The lowest BCUT2D eigenvalue weighted by molar-refractivity contribution is -0.134. The lowest BCUT2D eigenvalue weighted by Gasteiger charge is -2.24. The van der Waals surface area contributed by atoms with Crippen molar-refractivity contribution >= 4 is 11.8 Å². The lowest BCUT2D eigenvalue weighted by Crippen LogP contribution is -2.38. The van der Waals surface area contributed by atoms with E-state index in [4.69, 9.17) is 0 Å². The summed E-state index contributed by atoms with van der Waals surface area (Å²) in [6.07, 6.45) is 6.80. The van der Waals surface area contributed by atoms with E-state index in [9.17, 15) is 9.59 Å². The van der Waals surface area contributed by atoms with Gasteiger partial charge in [-0.05, 0) is 47.7 Å². The number of carbonyl (C=O) groups excluding carboxylic acids is 2. The summed E-state index contributed by atoms with van der Waals surface area (Å²) in [5.74, 6) is -0.283. The summed E-state index contributed by atoms with van der Waals surface area (Å²) >= 11 is 0. The number of hydrogen-bond acceptors (Lipinski definition) is 4. The van der Waals surface area contributed by atoms with E-state index in [-0.39, 0.29) is 17.7 Å². The molecule has 0 spiro atoms. The number of nitrogens with zero attached hydrogens (tertiary/aromatic N) is 5. The minimum absolute atomic E-state index is 0.118. The summed E-state index contributed by atoms with van der Waals surface area (Å²) in [4.78, 5) is 34.2. The van der Waals surface area contributed by atoms with Crippen LogP contribution in [0.2, 0.25) is 0 Å². The Balaban J connectivity index is 1.58. The van der Waals surface area contributed by atoms with Crippen LogP contribution in [0, 0.1) is 5.92 Å². The van der Waals surface area contributed by atoms with Crippen molar-refractivity contribution in [1.29, 1.82) is 0 Å². The van der Waals surface area contributed by atoms with Gasteiger partial charge in [0.05, 0.1) is 5.92 Å². The number of rotatable bonds is 6. The third-order valence-electron chi connectivity index (χ3n) is 5.88. The molecule has 2 amide bonds. The van der Waals surface area contributed by atoms with Crippen LogP contribution in [0.3, 0.4) is 0 Å². The van der Waals surface area contributed by atoms with Gasteiger partial charge in [-0.1, -0.05) is 31.2 Å². The quantitative estimate of drug-likeness (QED) is 0.602. The Kier molecular flexibility index (Phi) is 6.63. The molecule has 1 saturated heterocycles. The highest BCUT2D eigenvalue weighted by Crippen LogP contribution is 2.23. The summed E-state index contributed by atoms with van der Waals surface area (Å²) in [7, 11) is 1.80. The Morgan fingerprint density at radius 3 is 2.62 bits per heavy atom. The molecule has 1 atom stereocenters. The molecule has 1 aliphatic heterocycles. The fraction of sp³-hybridized carbons (Fsp3) is 0.360. The van der Waals surface area contributed by atoms with E-state index in [0.717, 1.165) is 23.1 Å². The summed E-state index contributed by atoms with van der Waals surface area (Å²) in [5.41, 5.74) is 3.69. The molecule has 1 fully saturated rings. The molecule has 0 aliphatic carbocycles. The van der Waals surface area contributed by atoms with Gasteiger partial charge in [0, 0.05) is 51.8 Å². The highest BCUT2D eigenvalue weighted by Gasteiger charge is 2.33. The summed E-state index contributed by atoms with van der Waals surface area (Å²) in [6, 6.07) is 14.0. The number of aryl methyl sites for hydroxylation is 1. The topological polar surface area (TPSA) is 71.3 Å². The molecule has 0 N–H and O–H groups in total. The molecular weight excluding hydrogens is 402 g/mol. The molecule has 1 aliphatic rings. The standard InChI is InChI=1S/C25H29N5O2/c1-3-12-29-14-15-30(25(32)23-9-13-28(2)27-23)18-22(24(29)31)17-19-5-4-6-21(16-19)20-7-10-26-11-8-20/h4-11,13,16,22H,3,12,14-15,17-18H2,1-2H3/t22-/m0/s1. The molecule has 32 heavy (non-hydrogen) atoms. The van der Waals surface area contributed by atoms with Gasteiger partial charge in [-0.25, -0.2) is 0 Å². The molecule has 0 unspecified atom stereocenters. The van der Waals surface area contributed by atoms with Crippen molar-refractivity contribution in [2.45, 2.75) is 19.8 Å².